The number of halogens is 2. The fourth-order valence-electron chi connectivity index (χ4n) is 1.77. The molecule has 0 aliphatic heterocycles. The molecule has 3 nitrogen and oxygen atoms in total. The first kappa shape index (κ1) is 13.4. The van der Waals surface area contributed by atoms with Gasteiger partial charge in [-0.15, -0.1) is 0 Å². The predicted octanol–water partition coefficient (Wildman–Crippen LogP) is 3.85. The molecule has 0 amide bonds. The summed E-state index contributed by atoms with van der Waals surface area (Å²) in [5.41, 5.74) is 0.881. The van der Waals surface area contributed by atoms with Crippen molar-refractivity contribution in [1.82, 2.24) is 0 Å². The highest BCUT2D eigenvalue weighted by Gasteiger charge is 2.12. The molecule has 5 heteroatoms. The summed E-state index contributed by atoms with van der Waals surface area (Å²) in [5, 5.41) is 9.41. The van der Waals surface area contributed by atoms with Crippen molar-refractivity contribution in [2.45, 2.75) is 0 Å². The molecule has 0 aliphatic rings. The third kappa shape index (κ3) is 2.85. The Labute approximate surface area is 114 Å². The Balaban J connectivity index is 2.61. The molecule has 0 radical (unpaired) electrons. The number of aromatic carboxylic acids is 1. The second-order valence-electron chi connectivity index (χ2n) is 3.88. The number of hydrogen-bond acceptors (Lipinski definition) is 2. The number of carbonyl (C=O) groups is 1. The molecule has 0 aliphatic carbocycles. The number of ether oxygens (including phenoxy) is 1. The fraction of sp³-hybridized carbons (Fsp3) is 0.0714. The van der Waals surface area contributed by atoms with Gasteiger partial charge in [0, 0.05) is 10.6 Å². The van der Waals surface area contributed by atoms with Crippen LogP contribution >= 0.6 is 11.6 Å². The highest BCUT2D eigenvalue weighted by molar-refractivity contribution is 6.30. The van der Waals surface area contributed by atoms with Gasteiger partial charge >= 0.3 is 5.97 Å². The van der Waals surface area contributed by atoms with Crippen molar-refractivity contribution in [1.29, 1.82) is 0 Å². The normalized spacial score (nSPS) is 10.3. The minimum atomic E-state index is -1.19. The van der Waals surface area contributed by atoms with Crippen molar-refractivity contribution in [3.63, 3.8) is 0 Å². The molecule has 98 valence electrons. The summed E-state index contributed by atoms with van der Waals surface area (Å²) < 4.78 is 18.6. The number of rotatable bonds is 3. The summed E-state index contributed by atoms with van der Waals surface area (Å²) >= 11 is 5.85. The van der Waals surface area contributed by atoms with Crippen molar-refractivity contribution in [3.05, 3.63) is 52.8 Å². The molecular weight excluding hydrogens is 271 g/mol. The van der Waals surface area contributed by atoms with Crippen LogP contribution in [0, 0.1) is 5.82 Å². The summed E-state index contributed by atoms with van der Waals surface area (Å²) in [5.74, 6) is -1.35. The van der Waals surface area contributed by atoms with Gasteiger partial charge in [-0.3, -0.25) is 0 Å². The molecule has 0 fully saturated rings. The maximum Gasteiger partial charge on any atom is 0.335 e. The van der Waals surface area contributed by atoms with E-state index in [9.17, 15) is 9.18 Å². The van der Waals surface area contributed by atoms with Gasteiger partial charge < -0.3 is 9.84 Å². The molecule has 2 aromatic rings. The van der Waals surface area contributed by atoms with E-state index in [4.69, 9.17) is 21.4 Å². The van der Waals surface area contributed by atoms with Crippen LogP contribution in [-0.4, -0.2) is 18.2 Å². The molecule has 1 N–H and O–H groups in total. The Kier molecular flexibility index (Phi) is 3.71. The molecule has 0 bridgehead atoms. The zero-order valence-corrected chi connectivity index (χ0v) is 10.7. The highest BCUT2D eigenvalue weighted by Crippen LogP contribution is 2.33. The van der Waals surface area contributed by atoms with Crippen molar-refractivity contribution in [2.24, 2.45) is 0 Å². The van der Waals surface area contributed by atoms with Crippen LogP contribution < -0.4 is 4.74 Å². The summed E-state index contributed by atoms with van der Waals surface area (Å²) in [4.78, 5) is 10.9. The third-order valence-corrected chi connectivity index (χ3v) is 2.85. The zero-order chi connectivity index (χ0) is 14.0. The lowest BCUT2D eigenvalue weighted by molar-refractivity contribution is 0.0696. The van der Waals surface area contributed by atoms with Gasteiger partial charge in [-0.2, -0.15) is 0 Å². The molecule has 2 aromatic carbocycles. The van der Waals surface area contributed by atoms with Gasteiger partial charge in [-0.25, -0.2) is 9.18 Å². The van der Waals surface area contributed by atoms with E-state index in [1.54, 1.807) is 18.2 Å². The summed E-state index contributed by atoms with van der Waals surface area (Å²) in [7, 11) is 1.46. The lowest BCUT2D eigenvalue weighted by Crippen LogP contribution is -1.98. The molecule has 0 saturated carbocycles. The van der Waals surface area contributed by atoms with Crippen molar-refractivity contribution in [3.8, 4) is 16.9 Å². The summed E-state index contributed by atoms with van der Waals surface area (Å²) in [6.45, 7) is 0. The lowest BCUT2D eigenvalue weighted by Gasteiger charge is -2.10. The predicted molar refractivity (Wildman–Crippen MR) is 70.4 cm³/mol. The summed E-state index contributed by atoms with van der Waals surface area (Å²) in [6.07, 6.45) is 0. The maximum absolute atomic E-state index is 13.5. The van der Waals surface area contributed by atoms with Crippen LogP contribution in [0.3, 0.4) is 0 Å². The molecule has 0 heterocycles. The molecule has 2 rings (SSSR count). The zero-order valence-electron chi connectivity index (χ0n) is 9.98. The van der Waals surface area contributed by atoms with Crippen LogP contribution in [0.4, 0.5) is 4.39 Å². The van der Waals surface area contributed by atoms with Gasteiger partial charge in [0.1, 0.15) is 11.6 Å². The number of carboxylic acids is 1. The number of hydrogen-bond donors (Lipinski definition) is 1. The first-order valence-electron chi connectivity index (χ1n) is 5.39. The van der Waals surface area contributed by atoms with Gasteiger partial charge in [-0.05, 0) is 42.0 Å². The Morgan fingerprint density at radius 3 is 2.63 bits per heavy atom. The molecule has 19 heavy (non-hydrogen) atoms. The van der Waals surface area contributed by atoms with Gasteiger partial charge in [0.15, 0.2) is 0 Å². The smallest absolute Gasteiger partial charge is 0.335 e. The van der Waals surface area contributed by atoms with Crippen LogP contribution in [0.25, 0.3) is 11.1 Å². The topological polar surface area (TPSA) is 46.5 Å². The van der Waals surface area contributed by atoms with E-state index in [1.165, 1.54) is 19.2 Å². The van der Waals surface area contributed by atoms with E-state index in [0.29, 0.717) is 21.9 Å². The average Bonchev–Trinajstić information content (AvgIpc) is 2.37. The number of carboxylic acid groups (broad SMARTS) is 1. The van der Waals surface area contributed by atoms with Gasteiger partial charge in [-0.1, -0.05) is 11.6 Å². The third-order valence-electron chi connectivity index (χ3n) is 2.62. The Morgan fingerprint density at radius 1 is 1.26 bits per heavy atom. The Hall–Kier alpha value is -2.07. The SMILES string of the molecule is COc1cc(Cl)ccc1-c1cc(F)cc(C(=O)O)c1. The van der Waals surface area contributed by atoms with Gasteiger partial charge in [0.05, 0.1) is 12.7 Å². The average molecular weight is 281 g/mol. The molecule has 0 unspecified atom stereocenters. The standard InChI is InChI=1S/C14H10ClFO3/c1-19-13-7-10(15)2-3-12(13)8-4-9(14(17)18)6-11(16)5-8/h2-7H,1H3,(H,17,18). The monoisotopic (exact) mass is 280 g/mol. The van der Waals surface area contributed by atoms with E-state index in [0.717, 1.165) is 6.07 Å². The fourth-order valence-corrected chi connectivity index (χ4v) is 1.93. The van der Waals surface area contributed by atoms with Crippen LogP contribution in [0.5, 0.6) is 5.75 Å². The van der Waals surface area contributed by atoms with Gasteiger partial charge in [0.25, 0.3) is 0 Å². The van der Waals surface area contributed by atoms with Crippen molar-refractivity contribution < 1.29 is 19.0 Å². The quantitative estimate of drug-likeness (QED) is 0.929. The molecule has 0 saturated heterocycles. The number of methoxy groups -OCH3 is 1. The molecule has 0 aromatic heterocycles. The van der Waals surface area contributed by atoms with Crippen LogP contribution in [0.2, 0.25) is 5.02 Å². The van der Waals surface area contributed by atoms with Crippen LogP contribution in [0.15, 0.2) is 36.4 Å². The molecule has 0 atom stereocenters. The van der Waals surface area contributed by atoms with Gasteiger partial charge in [0.2, 0.25) is 0 Å². The van der Waals surface area contributed by atoms with Crippen molar-refractivity contribution >= 4 is 17.6 Å². The lowest BCUT2D eigenvalue weighted by atomic mass is 10.0. The molecular formula is C14H10ClFO3. The molecule has 0 spiro atoms. The number of benzene rings is 2. The second-order valence-corrected chi connectivity index (χ2v) is 4.31. The minimum absolute atomic E-state index is 0.119. The van der Waals surface area contributed by atoms with Crippen molar-refractivity contribution in [2.75, 3.05) is 7.11 Å². The second kappa shape index (κ2) is 5.28. The van der Waals surface area contributed by atoms with E-state index >= 15 is 0 Å². The van der Waals surface area contributed by atoms with E-state index in [1.807, 2.05) is 0 Å². The first-order chi connectivity index (χ1) is 9.01. The minimum Gasteiger partial charge on any atom is -0.496 e. The first-order valence-corrected chi connectivity index (χ1v) is 5.77. The van der Waals surface area contributed by atoms with E-state index in [-0.39, 0.29) is 5.56 Å². The summed E-state index contributed by atoms with van der Waals surface area (Å²) in [6, 6.07) is 8.47. The largest absolute Gasteiger partial charge is 0.496 e. The van der Waals surface area contributed by atoms with E-state index in [2.05, 4.69) is 0 Å². The maximum atomic E-state index is 13.5. The Bertz CT molecular complexity index is 641. The Morgan fingerprint density at radius 2 is 2.00 bits per heavy atom. The van der Waals surface area contributed by atoms with Crippen LogP contribution in [0.1, 0.15) is 10.4 Å². The van der Waals surface area contributed by atoms with Crippen LogP contribution in [-0.2, 0) is 0 Å². The van der Waals surface area contributed by atoms with E-state index < -0.39 is 11.8 Å². The highest BCUT2D eigenvalue weighted by atomic mass is 35.5.